The van der Waals surface area contributed by atoms with Crippen molar-refractivity contribution in [1.29, 1.82) is 0 Å². The van der Waals surface area contributed by atoms with Crippen LogP contribution in [0.3, 0.4) is 0 Å². The first-order chi connectivity index (χ1) is 17.7. The molecule has 13 heteroatoms. The van der Waals surface area contributed by atoms with Gasteiger partial charge in [-0.2, -0.15) is 0 Å². The van der Waals surface area contributed by atoms with Crippen LogP contribution in [0.25, 0.3) is 11.0 Å². The van der Waals surface area contributed by atoms with Gasteiger partial charge in [-0.15, -0.1) is 0 Å². The zero-order valence-electron chi connectivity index (χ0n) is 20.5. The van der Waals surface area contributed by atoms with Crippen molar-refractivity contribution in [3.8, 4) is 0 Å². The molecule has 1 fully saturated rings. The number of benzene rings is 2. The van der Waals surface area contributed by atoms with Crippen LogP contribution in [0.2, 0.25) is 0 Å². The molecule has 1 amide bonds. The molecule has 3 aromatic rings. The average Bonchev–Trinajstić information content (AvgIpc) is 3.50. The smallest absolute Gasteiger partial charge is 0.323 e. The zero-order chi connectivity index (χ0) is 26.4. The zero-order valence-corrected chi connectivity index (χ0v) is 21.3. The van der Waals surface area contributed by atoms with Gasteiger partial charge in [-0.3, -0.25) is 9.59 Å². The summed E-state index contributed by atoms with van der Waals surface area (Å²) in [5.41, 5.74) is 7.22. The van der Waals surface area contributed by atoms with E-state index in [2.05, 4.69) is 35.8 Å². The van der Waals surface area contributed by atoms with Crippen LogP contribution < -0.4 is 26.6 Å². The van der Waals surface area contributed by atoms with Gasteiger partial charge in [-0.25, -0.2) is 23.4 Å². The summed E-state index contributed by atoms with van der Waals surface area (Å²) in [5, 5.41) is 2.62. The number of nitrogens with zero attached hydrogens (tertiary/aromatic N) is 1. The largest absolute Gasteiger partial charge is 0.324 e. The van der Waals surface area contributed by atoms with E-state index in [4.69, 9.17) is 0 Å². The van der Waals surface area contributed by atoms with E-state index in [0.717, 1.165) is 26.1 Å². The number of likely N-dealkylation sites (tertiary alicyclic amines) is 1. The number of fused-ring (bicyclic) bond motifs is 1. The Balaban J connectivity index is 1.30. The highest BCUT2D eigenvalue weighted by Crippen LogP contribution is 2.16. The quantitative estimate of drug-likeness (QED) is 0.115. The predicted octanol–water partition coefficient (Wildman–Crippen LogP) is 1.13. The lowest BCUT2D eigenvalue weighted by Crippen LogP contribution is -2.48. The molecule has 6 N–H and O–H groups in total. The first-order valence-corrected chi connectivity index (χ1v) is 13.6. The molecule has 1 aliphatic heterocycles. The van der Waals surface area contributed by atoms with E-state index >= 15 is 0 Å². The Hall–Kier alpha value is -3.52. The van der Waals surface area contributed by atoms with Crippen LogP contribution in [-0.4, -0.2) is 67.2 Å². The van der Waals surface area contributed by atoms with Gasteiger partial charge < -0.3 is 25.6 Å². The number of ketones is 1. The van der Waals surface area contributed by atoms with Crippen LogP contribution in [0, 0.1) is 0 Å². The second-order valence-corrected chi connectivity index (χ2v) is 10.7. The number of aromatic amines is 2. The fourth-order valence-corrected chi connectivity index (χ4v) is 5.22. The summed E-state index contributed by atoms with van der Waals surface area (Å²) in [6.07, 6.45) is 3.13. The minimum absolute atomic E-state index is 0.0905. The highest BCUT2D eigenvalue weighted by molar-refractivity contribution is 7.89. The van der Waals surface area contributed by atoms with Crippen LogP contribution in [-0.2, 0) is 19.6 Å². The second-order valence-electron chi connectivity index (χ2n) is 8.97. The number of hydrogen-bond donors (Lipinski definition) is 6. The highest BCUT2D eigenvalue weighted by atomic mass is 32.2. The molecule has 12 nitrogen and oxygen atoms in total. The molecule has 0 bridgehead atoms. The Morgan fingerprint density at radius 1 is 1.00 bits per heavy atom. The Kier molecular flexibility index (Phi) is 8.38. The second kappa shape index (κ2) is 11.7. The number of anilines is 2. The molecule has 1 aliphatic rings. The fourth-order valence-electron chi connectivity index (χ4n) is 4.15. The van der Waals surface area contributed by atoms with E-state index in [9.17, 15) is 22.8 Å². The summed E-state index contributed by atoms with van der Waals surface area (Å²) in [6.45, 7) is 4.64. The van der Waals surface area contributed by atoms with Gasteiger partial charge in [0.1, 0.15) is 0 Å². The molecule has 0 saturated carbocycles. The highest BCUT2D eigenvalue weighted by Gasteiger charge is 2.23. The van der Waals surface area contributed by atoms with Crippen molar-refractivity contribution >= 4 is 44.1 Å². The maximum absolute atomic E-state index is 12.7. The summed E-state index contributed by atoms with van der Waals surface area (Å²) in [7, 11) is -3.67. The number of hydrazine groups is 1. The van der Waals surface area contributed by atoms with Crippen LogP contribution in [0.15, 0.2) is 52.2 Å². The number of aromatic nitrogens is 2. The van der Waals surface area contributed by atoms with Gasteiger partial charge in [-0.05, 0) is 88.3 Å². The topological polar surface area (TPSA) is 168 Å². The standard InChI is InChI=1S/C24H31N7O5S/c1-16(32)22(30-29-18-7-10-20-21(15-18)28-24(34)27-20)23(33)26-17-5-8-19(9-6-17)37(35,36)25-11-4-14-31-12-2-3-13-31/h5-10,15,22,25,29-30H,2-4,11-14H2,1H3,(H,26,33)(H2,27,28,34). The molecule has 2 aromatic carbocycles. The molecule has 2 heterocycles. The van der Waals surface area contributed by atoms with Gasteiger partial charge in [0.15, 0.2) is 11.8 Å². The molecule has 1 atom stereocenters. The van der Waals surface area contributed by atoms with E-state index in [1.54, 1.807) is 18.2 Å². The third kappa shape index (κ3) is 7.04. The normalized spacial score (nSPS) is 15.1. The van der Waals surface area contributed by atoms with Crippen molar-refractivity contribution in [1.82, 2.24) is 25.0 Å². The first kappa shape index (κ1) is 26.5. The summed E-state index contributed by atoms with van der Waals surface area (Å²) in [5.74, 6) is -1.05. The SMILES string of the molecule is CC(=O)C(NNc1ccc2[nH]c(=O)[nH]c2c1)C(=O)Nc1ccc(S(=O)(=O)NCCCN2CCCC2)cc1. The molecule has 4 rings (SSSR count). The van der Waals surface area contributed by atoms with Crippen molar-refractivity contribution in [2.45, 2.75) is 37.1 Å². The van der Waals surface area contributed by atoms with Crippen LogP contribution >= 0.6 is 0 Å². The lowest BCUT2D eigenvalue weighted by atomic mass is 10.2. The molecule has 0 radical (unpaired) electrons. The number of carbonyl (C=O) groups excluding carboxylic acids is 2. The van der Waals surface area contributed by atoms with Gasteiger partial charge in [-0.1, -0.05) is 0 Å². The van der Waals surface area contributed by atoms with Gasteiger partial charge >= 0.3 is 5.69 Å². The minimum Gasteiger partial charge on any atom is -0.324 e. The summed E-state index contributed by atoms with van der Waals surface area (Å²) in [6, 6.07) is 9.52. The molecule has 198 valence electrons. The number of imidazole rings is 1. The average molecular weight is 530 g/mol. The number of rotatable bonds is 12. The van der Waals surface area contributed by atoms with Crippen molar-refractivity contribution in [2.75, 3.05) is 36.9 Å². The number of hydrogen-bond acceptors (Lipinski definition) is 8. The molecule has 1 aromatic heterocycles. The molecule has 1 unspecified atom stereocenters. The van der Waals surface area contributed by atoms with Crippen molar-refractivity contribution in [3.05, 3.63) is 52.9 Å². The monoisotopic (exact) mass is 529 g/mol. The van der Waals surface area contributed by atoms with Crippen LogP contribution in [0.1, 0.15) is 26.2 Å². The third-order valence-electron chi connectivity index (χ3n) is 6.12. The van der Waals surface area contributed by atoms with E-state index in [-0.39, 0.29) is 10.6 Å². The van der Waals surface area contributed by atoms with Gasteiger partial charge in [0.2, 0.25) is 10.0 Å². The van der Waals surface area contributed by atoms with Gasteiger partial charge in [0.25, 0.3) is 5.91 Å². The van der Waals surface area contributed by atoms with E-state index in [1.165, 1.54) is 44.0 Å². The number of H-pyrrole nitrogens is 2. The maximum Gasteiger partial charge on any atom is 0.323 e. The molecule has 1 saturated heterocycles. The summed E-state index contributed by atoms with van der Waals surface area (Å²) >= 11 is 0. The maximum atomic E-state index is 12.7. The van der Waals surface area contributed by atoms with Crippen molar-refractivity contribution < 1.29 is 18.0 Å². The molecular weight excluding hydrogens is 498 g/mol. The van der Waals surface area contributed by atoms with Crippen LogP contribution in [0.5, 0.6) is 0 Å². The lowest BCUT2D eigenvalue weighted by molar-refractivity contribution is -0.127. The minimum atomic E-state index is -3.67. The lowest BCUT2D eigenvalue weighted by Gasteiger charge is -2.17. The molecule has 37 heavy (non-hydrogen) atoms. The Bertz CT molecular complexity index is 1410. The first-order valence-electron chi connectivity index (χ1n) is 12.1. The van der Waals surface area contributed by atoms with E-state index < -0.39 is 27.8 Å². The molecule has 0 aliphatic carbocycles. The molecular formula is C24H31N7O5S. The summed E-state index contributed by atoms with van der Waals surface area (Å²) < 4.78 is 27.7. The number of Topliss-reactive ketones (excluding diaryl/α,β-unsaturated/α-hetero) is 1. The van der Waals surface area contributed by atoms with Crippen molar-refractivity contribution in [2.24, 2.45) is 0 Å². The fraction of sp³-hybridized carbons (Fsp3) is 0.375. The van der Waals surface area contributed by atoms with E-state index in [1.807, 2.05) is 0 Å². The number of sulfonamides is 1. The number of nitrogens with one attached hydrogen (secondary N) is 6. The third-order valence-corrected chi connectivity index (χ3v) is 7.60. The predicted molar refractivity (Wildman–Crippen MR) is 141 cm³/mol. The number of carbonyl (C=O) groups is 2. The van der Waals surface area contributed by atoms with Gasteiger partial charge in [0.05, 0.1) is 21.6 Å². The Morgan fingerprint density at radius 3 is 2.38 bits per heavy atom. The summed E-state index contributed by atoms with van der Waals surface area (Å²) in [4.78, 5) is 43.9. The Labute approximate surface area is 214 Å². The Morgan fingerprint density at radius 2 is 1.68 bits per heavy atom. The van der Waals surface area contributed by atoms with Gasteiger partial charge in [0, 0.05) is 12.2 Å². The van der Waals surface area contributed by atoms with E-state index in [0.29, 0.717) is 29.0 Å². The molecule has 0 spiro atoms. The van der Waals surface area contributed by atoms with Crippen molar-refractivity contribution in [3.63, 3.8) is 0 Å². The number of amides is 1. The van der Waals surface area contributed by atoms with Crippen LogP contribution in [0.4, 0.5) is 11.4 Å².